The number of nitrogens with one attached hydrogen (secondary N) is 1. The number of urea groups is 1. The van der Waals surface area contributed by atoms with Gasteiger partial charge in [0, 0.05) is 38.4 Å². The Labute approximate surface area is 149 Å². The molecule has 4 nitrogen and oxygen atoms in total. The van der Waals surface area contributed by atoms with Gasteiger partial charge in [0.15, 0.2) is 0 Å². The maximum atomic E-state index is 12.6. The van der Waals surface area contributed by atoms with Crippen molar-refractivity contribution in [1.82, 2.24) is 9.80 Å². The zero-order chi connectivity index (χ0) is 17.1. The number of rotatable bonds is 3. The second-order valence-corrected chi connectivity index (χ2v) is 7.35. The van der Waals surface area contributed by atoms with Gasteiger partial charge in [-0.15, -0.1) is 0 Å². The van der Waals surface area contributed by atoms with Crippen molar-refractivity contribution in [2.45, 2.75) is 13.0 Å². The first-order valence-electron chi connectivity index (χ1n) is 9.13. The van der Waals surface area contributed by atoms with Crippen LogP contribution in [-0.2, 0) is 6.54 Å². The molecule has 0 aliphatic carbocycles. The highest BCUT2D eigenvalue weighted by atomic mass is 16.2. The Kier molecular flexibility index (Phi) is 4.70. The van der Waals surface area contributed by atoms with Crippen LogP contribution in [0.5, 0.6) is 0 Å². The van der Waals surface area contributed by atoms with Crippen molar-refractivity contribution < 1.29 is 4.79 Å². The largest absolute Gasteiger partial charge is 0.324 e. The molecule has 130 valence electrons. The first kappa shape index (κ1) is 16.2. The first-order chi connectivity index (χ1) is 12.3. The van der Waals surface area contributed by atoms with E-state index in [0.717, 1.165) is 38.4 Å². The maximum Gasteiger partial charge on any atom is 0.321 e. The summed E-state index contributed by atoms with van der Waals surface area (Å²) in [6.45, 7) is 4.91. The van der Waals surface area contributed by atoms with E-state index in [1.54, 1.807) is 0 Å². The smallest absolute Gasteiger partial charge is 0.321 e. The summed E-state index contributed by atoms with van der Waals surface area (Å²) < 4.78 is 0. The normalized spacial score (nSPS) is 23.3. The van der Waals surface area contributed by atoms with Crippen LogP contribution in [0.25, 0.3) is 0 Å². The summed E-state index contributed by atoms with van der Waals surface area (Å²) in [5.41, 5.74) is 2.25. The van der Waals surface area contributed by atoms with E-state index in [2.05, 4.69) is 40.5 Å². The minimum absolute atomic E-state index is 0.0393. The number of hydrogen-bond donors (Lipinski definition) is 1. The number of carbonyl (C=O) groups is 1. The average molecular weight is 335 g/mol. The van der Waals surface area contributed by atoms with Crippen LogP contribution in [0.3, 0.4) is 0 Å². The lowest BCUT2D eigenvalue weighted by atomic mass is 9.84. The summed E-state index contributed by atoms with van der Waals surface area (Å²) in [5.74, 6) is 1.16. The lowest BCUT2D eigenvalue weighted by Gasteiger charge is -2.45. The Balaban J connectivity index is 1.35. The third kappa shape index (κ3) is 4.02. The van der Waals surface area contributed by atoms with E-state index in [0.29, 0.717) is 11.8 Å². The van der Waals surface area contributed by atoms with Gasteiger partial charge in [-0.2, -0.15) is 0 Å². The van der Waals surface area contributed by atoms with E-state index in [9.17, 15) is 4.79 Å². The number of anilines is 1. The molecular formula is C21H25N3O. The van der Waals surface area contributed by atoms with Crippen LogP contribution >= 0.6 is 0 Å². The van der Waals surface area contributed by atoms with Crippen LogP contribution in [-0.4, -0.2) is 42.0 Å². The van der Waals surface area contributed by atoms with E-state index in [1.807, 2.05) is 35.2 Å². The van der Waals surface area contributed by atoms with Crippen LogP contribution in [0, 0.1) is 11.8 Å². The SMILES string of the molecule is O=C(Nc1ccccc1)N1CC2CC(CN(Cc3ccccc3)C2)C1. The predicted octanol–water partition coefficient (Wildman–Crippen LogP) is 3.67. The van der Waals surface area contributed by atoms with E-state index in [1.165, 1.54) is 12.0 Å². The Hall–Kier alpha value is -2.33. The standard InChI is InChI=1S/C21H25N3O/c25-21(22-20-9-5-2-6-10-20)24-15-18-11-19(16-24)14-23(13-18)12-17-7-3-1-4-8-17/h1-10,18-19H,11-16H2,(H,22,25). The van der Waals surface area contributed by atoms with Gasteiger partial charge in [0.1, 0.15) is 0 Å². The molecule has 2 aliphatic rings. The number of para-hydroxylation sites is 1. The lowest BCUT2D eigenvalue weighted by Crippen LogP contribution is -2.54. The Morgan fingerprint density at radius 2 is 1.48 bits per heavy atom. The average Bonchev–Trinajstić information content (AvgIpc) is 2.62. The zero-order valence-electron chi connectivity index (χ0n) is 14.5. The minimum Gasteiger partial charge on any atom is -0.324 e. The Morgan fingerprint density at radius 1 is 0.880 bits per heavy atom. The van der Waals surface area contributed by atoms with Gasteiger partial charge in [-0.3, -0.25) is 4.90 Å². The van der Waals surface area contributed by atoms with Crippen LogP contribution in [0.1, 0.15) is 12.0 Å². The third-order valence-electron chi connectivity index (χ3n) is 5.22. The molecule has 1 N–H and O–H groups in total. The first-order valence-corrected chi connectivity index (χ1v) is 9.13. The summed E-state index contributed by atoms with van der Waals surface area (Å²) >= 11 is 0. The number of fused-ring (bicyclic) bond motifs is 2. The van der Waals surface area contributed by atoms with Crippen molar-refractivity contribution in [2.75, 3.05) is 31.5 Å². The topological polar surface area (TPSA) is 35.6 Å². The van der Waals surface area contributed by atoms with E-state index in [4.69, 9.17) is 0 Å². The second-order valence-electron chi connectivity index (χ2n) is 7.35. The summed E-state index contributed by atoms with van der Waals surface area (Å²) in [7, 11) is 0. The molecule has 2 heterocycles. The number of nitrogens with zero attached hydrogens (tertiary/aromatic N) is 2. The lowest BCUT2D eigenvalue weighted by molar-refractivity contribution is 0.0456. The summed E-state index contributed by atoms with van der Waals surface area (Å²) in [6.07, 6.45) is 1.25. The van der Waals surface area contributed by atoms with Gasteiger partial charge in [-0.05, 0) is 36.0 Å². The van der Waals surface area contributed by atoms with Gasteiger partial charge in [0.05, 0.1) is 0 Å². The number of amides is 2. The zero-order valence-corrected chi connectivity index (χ0v) is 14.5. The molecule has 0 spiro atoms. The van der Waals surface area contributed by atoms with E-state index >= 15 is 0 Å². The highest BCUT2D eigenvalue weighted by molar-refractivity contribution is 5.89. The van der Waals surface area contributed by atoms with Gasteiger partial charge in [-0.1, -0.05) is 48.5 Å². The molecule has 0 saturated carbocycles. The molecule has 2 aromatic rings. The fraction of sp³-hybridized carbons (Fsp3) is 0.381. The molecule has 2 amide bonds. The molecule has 2 aromatic carbocycles. The summed E-state index contributed by atoms with van der Waals surface area (Å²) in [4.78, 5) is 17.1. The molecule has 2 aliphatic heterocycles. The number of benzene rings is 2. The van der Waals surface area contributed by atoms with Crippen LogP contribution in [0.4, 0.5) is 10.5 Å². The van der Waals surface area contributed by atoms with Gasteiger partial charge < -0.3 is 10.2 Å². The fourth-order valence-corrected chi connectivity index (χ4v) is 4.25. The highest BCUT2D eigenvalue weighted by Gasteiger charge is 2.35. The fourth-order valence-electron chi connectivity index (χ4n) is 4.25. The number of hydrogen-bond acceptors (Lipinski definition) is 2. The maximum absolute atomic E-state index is 12.6. The van der Waals surface area contributed by atoms with Gasteiger partial charge in [0.2, 0.25) is 0 Å². The molecule has 2 unspecified atom stereocenters. The molecule has 4 rings (SSSR count). The van der Waals surface area contributed by atoms with Crippen LogP contribution in [0.2, 0.25) is 0 Å². The monoisotopic (exact) mass is 335 g/mol. The Morgan fingerprint density at radius 3 is 2.12 bits per heavy atom. The molecular weight excluding hydrogens is 310 g/mol. The van der Waals surface area contributed by atoms with Gasteiger partial charge >= 0.3 is 6.03 Å². The predicted molar refractivity (Wildman–Crippen MR) is 100 cm³/mol. The van der Waals surface area contributed by atoms with Crippen molar-refractivity contribution in [3.8, 4) is 0 Å². The van der Waals surface area contributed by atoms with Gasteiger partial charge in [-0.25, -0.2) is 4.79 Å². The summed E-state index contributed by atoms with van der Waals surface area (Å²) in [6, 6.07) is 20.4. The molecule has 2 bridgehead atoms. The van der Waals surface area contributed by atoms with E-state index < -0.39 is 0 Å². The molecule has 2 fully saturated rings. The van der Waals surface area contributed by atoms with Crippen molar-refractivity contribution >= 4 is 11.7 Å². The van der Waals surface area contributed by atoms with Crippen molar-refractivity contribution in [3.05, 3.63) is 66.2 Å². The molecule has 0 aromatic heterocycles. The number of piperidine rings is 2. The number of likely N-dealkylation sites (tertiary alicyclic amines) is 2. The molecule has 4 heteroatoms. The molecule has 0 radical (unpaired) electrons. The highest BCUT2D eigenvalue weighted by Crippen LogP contribution is 2.29. The molecule has 25 heavy (non-hydrogen) atoms. The number of carbonyl (C=O) groups excluding carboxylic acids is 1. The Bertz CT molecular complexity index is 690. The molecule has 2 saturated heterocycles. The van der Waals surface area contributed by atoms with Crippen molar-refractivity contribution in [3.63, 3.8) is 0 Å². The molecule has 2 atom stereocenters. The van der Waals surface area contributed by atoms with Crippen LogP contribution < -0.4 is 5.32 Å². The van der Waals surface area contributed by atoms with E-state index in [-0.39, 0.29) is 6.03 Å². The van der Waals surface area contributed by atoms with Crippen molar-refractivity contribution in [2.24, 2.45) is 11.8 Å². The third-order valence-corrected chi connectivity index (χ3v) is 5.22. The quantitative estimate of drug-likeness (QED) is 0.929. The van der Waals surface area contributed by atoms with Gasteiger partial charge in [0.25, 0.3) is 0 Å². The second kappa shape index (κ2) is 7.28. The summed E-state index contributed by atoms with van der Waals surface area (Å²) in [5, 5.41) is 3.03. The minimum atomic E-state index is 0.0393. The van der Waals surface area contributed by atoms with Crippen LogP contribution in [0.15, 0.2) is 60.7 Å². The van der Waals surface area contributed by atoms with Crippen molar-refractivity contribution in [1.29, 1.82) is 0 Å².